The SMILES string of the molecule is CC(C)(N)COc1cccc(C#N)c1[N+](=O)[O-]. The molecule has 0 radical (unpaired) electrons. The van der Waals surface area contributed by atoms with E-state index < -0.39 is 10.5 Å². The number of nitriles is 1. The van der Waals surface area contributed by atoms with E-state index in [0.717, 1.165) is 0 Å². The summed E-state index contributed by atoms with van der Waals surface area (Å²) in [6, 6.07) is 6.12. The molecule has 0 aliphatic carbocycles. The largest absolute Gasteiger partial charge is 0.485 e. The van der Waals surface area contributed by atoms with Crippen molar-refractivity contribution in [3.63, 3.8) is 0 Å². The average Bonchev–Trinajstić information content (AvgIpc) is 2.24. The van der Waals surface area contributed by atoms with Gasteiger partial charge in [0.15, 0.2) is 5.75 Å². The normalized spacial score (nSPS) is 10.7. The summed E-state index contributed by atoms with van der Waals surface area (Å²) in [6.07, 6.45) is 0. The molecular weight excluding hydrogens is 222 g/mol. The Labute approximate surface area is 98.8 Å². The number of nitro benzene ring substituents is 1. The minimum absolute atomic E-state index is 0.0256. The van der Waals surface area contributed by atoms with Gasteiger partial charge in [0, 0.05) is 5.54 Å². The maximum atomic E-state index is 10.9. The van der Waals surface area contributed by atoms with Crippen molar-refractivity contribution < 1.29 is 9.66 Å². The lowest BCUT2D eigenvalue weighted by atomic mass is 10.1. The zero-order valence-corrected chi connectivity index (χ0v) is 9.64. The van der Waals surface area contributed by atoms with Gasteiger partial charge in [0.1, 0.15) is 18.2 Å². The highest BCUT2D eigenvalue weighted by atomic mass is 16.6. The number of nitrogens with two attached hydrogens (primary N) is 1. The Hall–Kier alpha value is -2.13. The molecular formula is C11H13N3O3. The molecule has 2 N–H and O–H groups in total. The van der Waals surface area contributed by atoms with E-state index in [2.05, 4.69) is 0 Å². The van der Waals surface area contributed by atoms with Gasteiger partial charge in [0.25, 0.3) is 0 Å². The third-order valence-corrected chi connectivity index (χ3v) is 1.90. The molecule has 17 heavy (non-hydrogen) atoms. The predicted molar refractivity (Wildman–Crippen MR) is 61.6 cm³/mol. The molecule has 0 aromatic heterocycles. The summed E-state index contributed by atoms with van der Waals surface area (Å²) in [5, 5.41) is 19.7. The van der Waals surface area contributed by atoms with Crippen LogP contribution < -0.4 is 10.5 Å². The van der Waals surface area contributed by atoms with Crippen LogP contribution in [0.5, 0.6) is 5.75 Å². The van der Waals surface area contributed by atoms with Gasteiger partial charge in [-0.05, 0) is 26.0 Å². The summed E-state index contributed by atoms with van der Waals surface area (Å²) >= 11 is 0. The van der Waals surface area contributed by atoms with Gasteiger partial charge in [-0.3, -0.25) is 10.1 Å². The summed E-state index contributed by atoms with van der Waals surface area (Å²) in [6.45, 7) is 3.61. The van der Waals surface area contributed by atoms with E-state index in [1.807, 2.05) is 0 Å². The first-order valence-electron chi connectivity index (χ1n) is 4.94. The zero-order chi connectivity index (χ0) is 13.1. The molecule has 0 aliphatic heterocycles. The van der Waals surface area contributed by atoms with E-state index in [1.54, 1.807) is 19.9 Å². The number of nitrogens with zero attached hydrogens (tertiary/aromatic N) is 2. The molecule has 0 amide bonds. The highest BCUT2D eigenvalue weighted by Crippen LogP contribution is 2.30. The van der Waals surface area contributed by atoms with Crippen molar-refractivity contribution >= 4 is 5.69 Å². The minimum atomic E-state index is -0.628. The molecule has 0 bridgehead atoms. The molecule has 1 aromatic carbocycles. The number of hydrogen-bond donors (Lipinski definition) is 1. The van der Waals surface area contributed by atoms with E-state index in [-0.39, 0.29) is 23.6 Å². The number of hydrogen-bond acceptors (Lipinski definition) is 5. The maximum absolute atomic E-state index is 10.9. The van der Waals surface area contributed by atoms with Crippen LogP contribution in [0.4, 0.5) is 5.69 Å². The van der Waals surface area contributed by atoms with Crippen LogP contribution in [0.25, 0.3) is 0 Å². The van der Waals surface area contributed by atoms with Crippen LogP contribution in [0, 0.1) is 21.4 Å². The smallest absolute Gasteiger partial charge is 0.328 e. The van der Waals surface area contributed by atoms with Gasteiger partial charge >= 0.3 is 5.69 Å². The molecule has 0 fully saturated rings. The summed E-state index contributed by atoms with van der Waals surface area (Å²) in [5.74, 6) is 0.0626. The fourth-order valence-electron chi connectivity index (χ4n) is 1.18. The summed E-state index contributed by atoms with van der Waals surface area (Å²) in [5.41, 5.74) is 4.77. The van der Waals surface area contributed by atoms with Gasteiger partial charge in [0.05, 0.1) is 4.92 Å². The highest BCUT2D eigenvalue weighted by molar-refractivity contribution is 5.57. The van der Waals surface area contributed by atoms with Crippen molar-refractivity contribution in [2.75, 3.05) is 6.61 Å². The number of para-hydroxylation sites is 1. The molecule has 1 rings (SSSR count). The Balaban J connectivity index is 3.08. The number of rotatable bonds is 4. The van der Waals surface area contributed by atoms with E-state index >= 15 is 0 Å². The van der Waals surface area contributed by atoms with Crippen molar-refractivity contribution in [1.82, 2.24) is 0 Å². The first kappa shape index (κ1) is 12.9. The number of nitro groups is 1. The van der Waals surface area contributed by atoms with Crippen LogP contribution in [0.3, 0.4) is 0 Å². The van der Waals surface area contributed by atoms with Crippen molar-refractivity contribution in [3.05, 3.63) is 33.9 Å². The molecule has 0 heterocycles. The first-order chi connectivity index (χ1) is 7.85. The molecule has 0 aliphatic rings. The molecule has 0 saturated carbocycles. The molecule has 1 aromatic rings. The average molecular weight is 235 g/mol. The van der Waals surface area contributed by atoms with Crippen LogP contribution in [0.1, 0.15) is 19.4 Å². The second-order valence-electron chi connectivity index (χ2n) is 4.30. The zero-order valence-electron chi connectivity index (χ0n) is 9.64. The molecule has 0 unspecified atom stereocenters. The Morgan fingerprint density at radius 1 is 1.59 bits per heavy atom. The lowest BCUT2D eigenvalue weighted by Crippen LogP contribution is -2.38. The van der Waals surface area contributed by atoms with E-state index in [4.69, 9.17) is 15.7 Å². The van der Waals surface area contributed by atoms with Crippen LogP contribution in [-0.4, -0.2) is 17.1 Å². The van der Waals surface area contributed by atoms with Gasteiger partial charge in [-0.15, -0.1) is 0 Å². The number of ether oxygens (including phenoxy) is 1. The lowest BCUT2D eigenvalue weighted by Gasteiger charge is -2.18. The molecule has 0 spiro atoms. The van der Waals surface area contributed by atoms with Gasteiger partial charge < -0.3 is 10.5 Å². The van der Waals surface area contributed by atoms with Crippen LogP contribution >= 0.6 is 0 Å². The summed E-state index contributed by atoms with van der Waals surface area (Å²) in [4.78, 5) is 10.2. The molecule has 0 atom stereocenters. The maximum Gasteiger partial charge on any atom is 0.328 e. The third kappa shape index (κ3) is 3.43. The van der Waals surface area contributed by atoms with E-state index in [1.165, 1.54) is 18.2 Å². The second kappa shape index (κ2) is 4.80. The fourth-order valence-corrected chi connectivity index (χ4v) is 1.18. The van der Waals surface area contributed by atoms with Crippen molar-refractivity contribution in [2.24, 2.45) is 5.73 Å². The van der Waals surface area contributed by atoms with E-state index in [0.29, 0.717) is 0 Å². The lowest BCUT2D eigenvalue weighted by molar-refractivity contribution is -0.386. The quantitative estimate of drug-likeness (QED) is 0.630. The fraction of sp³-hybridized carbons (Fsp3) is 0.364. The predicted octanol–water partition coefficient (Wildman–Crippen LogP) is 1.58. The summed E-state index contributed by atoms with van der Waals surface area (Å²) in [7, 11) is 0. The van der Waals surface area contributed by atoms with Crippen molar-refractivity contribution in [3.8, 4) is 11.8 Å². The third-order valence-electron chi connectivity index (χ3n) is 1.90. The standard InChI is InChI=1S/C11H13N3O3/c1-11(2,13)7-17-9-5-3-4-8(6-12)10(9)14(15)16/h3-5H,7,13H2,1-2H3. The summed E-state index contributed by atoms with van der Waals surface area (Å²) < 4.78 is 5.29. The Kier molecular flexibility index (Phi) is 3.66. The van der Waals surface area contributed by atoms with Crippen LogP contribution in [0.15, 0.2) is 18.2 Å². The van der Waals surface area contributed by atoms with Gasteiger partial charge in [-0.2, -0.15) is 5.26 Å². The topological polar surface area (TPSA) is 102 Å². The molecule has 6 nitrogen and oxygen atoms in total. The van der Waals surface area contributed by atoms with Gasteiger partial charge in [0.2, 0.25) is 0 Å². The molecule has 0 saturated heterocycles. The molecule has 90 valence electrons. The van der Waals surface area contributed by atoms with Crippen molar-refractivity contribution in [1.29, 1.82) is 5.26 Å². The van der Waals surface area contributed by atoms with Crippen LogP contribution in [0.2, 0.25) is 0 Å². The Morgan fingerprint density at radius 3 is 2.71 bits per heavy atom. The molecule has 6 heteroatoms. The minimum Gasteiger partial charge on any atom is -0.485 e. The Bertz CT molecular complexity index is 472. The number of benzene rings is 1. The van der Waals surface area contributed by atoms with Crippen molar-refractivity contribution in [2.45, 2.75) is 19.4 Å². The van der Waals surface area contributed by atoms with Gasteiger partial charge in [-0.1, -0.05) is 6.07 Å². The second-order valence-corrected chi connectivity index (χ2v) is 4.30. The van der Waals surface area contributed by atoms with Gasteiger partial charge in [-0.25, -0.2) is 0 Å². The Morgan fingerprint density at radius 2 is 2.24 bits per heavy atom. The first-order valence-corrected chi connectivity index (χ1v) is 4.94. The van der Waals surface area contributed by atoms with E-state index in [9.17, 15) is 10.1 Å². The monoisotopic (exact) mass is 235 g/mol. The van der Waals surface area contributed by atoms with Crippen LogP contribution in [-0.2, 0) is 0 Å². The highest BCUT2D eigenvalue weighted by Gasteiger charge is 2.22.